The van der Waals surface area contributed by atoms with Gasteiger partial charge in [-0.25, -0.2) is 0 Å². The first-order valence-electron chi connectivity index (χ1n) is 8.01. The van der Waals surface area contributed by atoms with Gasteiger partial charge in [-0.2, -0.15) is 0 Å². The van der Waals surface area contributed by atoms with Crippen LogP contribution in [0.2, 0.25) is 10.0 Å². The predicted octanol–water partition coefficient (Wildman–Crippen LogP) is 4.29. The molecule has 1 fully saturated rings. The molecule has 3 rings (SSSR count). The van der Waals surface area contributed by atoms with E-state index in [4.69, 9.17) is 23.2 Å². The van der Waals surface area contributed by atoms with Crippen LogP contribution in [0.5, 0.6) is 0 Å². The molecular weight excluding hydrogens is 359 g/mol. The van der Waals surface area contributed by atoms with E-state index in [9.17, 15) is 9.59 Å². The number of rotatable bonds is 4. The third-order valence-corrected chi connectivity index (χ3v) is 4.82. The lowest BCUT2D eigenvalue weighted by molar-refractivity contribution is -0.128. The van der Waals surface area contributed by atoms with Crippen molar-refractivity contribution in [1.29, 1.82) is 0 Å². The van der Waals surface area contributed by atoms with Crippen LogP contribution in [0.3, 0.4) is 0 Å². The number of carbonyl (C=O) groups excluding carboxylic acids is 2. The minimum absolute atomic E-state index is 0.0112. The maximum absolute atomic E-state index is 12.5. The molecule has 0 saturated carbocycles. The minimum atomic E-state index is -0.385. The molecule has 1 heterocycles. The van der Waals surface area contributed by atoms with Crippen LogP contribution in [0, 0.1) is 12.8 Å². The van der Waals surface area contributed by atoms with Gasteiger partial charge in [-0.3, -0.25) is 9.59 Å². The topological polar surface area (TPSA) is 49.4 Å². The molecule has 0 unspecified atom stereocenters. The van der Waals surface area contributed by atoms with Crippen molar-refractivity contribution in [2.75, 3.05) is 11.9 Å². The predicted molar refractivity (Wildman–Crippen MR) is 99.8 cm³/mol. The molecule has 1 aliphatic rings. The van der Waals surface area contributed by atoms with Crippen LogP contribution in [0.1, 0.15) is 17.5 Å². The summed E-state index contributed by atoms with van der Waals surface area (Å²) in [6.45, 7) is 2.95. The molecule has 0 aliphatic carbocycles. The number of nitrogens with one attached hydrogen (secondary N) is 1. The van der Waals surface area contributed by atoms with E-state index in [-0.39, 0.29) is 24.2 Å². The molecule has 1 saturated heterocycles. The van der Waals surface area contributed by atoms with Crippen molar-refractivity contribution in [3.63, 3.8) is 0 Å². The van der Waals surface area contributed by atoms with Crippen molar-refractivity contribution in [2.24, 2.45) is 5.92 Å². The van der Waals surface area contributed by atoms with Crippen molar-refractivity contribution in [3.8, 4) is 0 Å². The summed E-state index contributed by atoms with van der Waals surface area (Å²) >= 11 is 11.9. The van der Waals surface area contributed by atoms with Crippen LogP contribution >= 0.6 is 23.2 Å². The van der Waals surface area contributed by atoms with E-state index >= 15 is 0 Å². The van der Waals surface area contributed by atoms with Crippen molar-refractivity contribution >= 4 is 40.7 Å². The van der Waals surface area contributed by atoms with Crippen LogP contribution < -0.4 is 5.32 Å². The molecular formula is C19H18Cl2N2O2. The highest BCUT2D eigenvalue weighted by Crippen LogP contribution is 2.27. The number of halogens is 2. The first-order valence-corrected chi connectivity index (χ1v) is 8.77. The van der Waals surface area contributed by atoms with Crippen molar-refractivity contribution in [2.45, 2.75) is 19.9 Å². The van der Waals surface area contributed by atoms with Crippen LogP contribution in [-0.2, 0) is 16.1 Å². The Morgan fingerprint density at radius 1 is 1.20 bits per heavy atom. The van der Waals surface area contributed by atoms with E-state index in [0.29, 0.717) is 28.8 Å². The average Bonchev–Trinajstić information content (AvgIpc) is 2.93. The van der Waals surface area contributed by atoms with Crippen molar-refractivity contribution in [3.05, 3.63) is 63.6 Å². The van der Waals surface area contributed by atoms with E-state index in [0.717, 1.165) is 5.56 Å². The van der Waals surface area contributed by atoms with E-state index < -0.39 is 0 Å². The first kappa shape index (κ1) is 17.8. The normalized spacial score (nSPS) is 17.0. The summed E-state index contributed by atoms with van der Waals surface area (Å²) in [6, 6.07) is 12.9. The molecule has 1 aliphatic heterocycles. The summed E-state index contributed by atoms with van der Waals surface area (Å²) in [4.78, 5) is 26.4. The number of hydrogen-bond donors (Lipinski definition) is 1. The average molecular weight is 377 g/mol. The summed E-state index contributed by atoms with van der Waals surface area (Å²) in [5, 5.41) is 3.66. The fourth-order valence-corrected chi connectivity index (χ4v) is 3.30. The number of anilines is 1. The monoisotopic (exact) mass is 376 g/mol. The SMILES string of the molecule is Cc1ccc(CN2C[C@@H](C(=O)Nc3ccc(Cl)cc3Cl)CC2=O)cc1. The summed E-state index contributed by atoms with van der Waals surface area (Å²) in [5.41, 5.74) is 2.73. The van der Waals surface area contributed by atoms with Crippen LogP contribution in [0.25, 0.3) is 0 Å². The van der Waals surface area contributed by atoms with E-state index in [1.165, 1.54) is 5.56 Å². The van der Waals surface area contributed by atoms with Gasteiger partial charge in [0.05, 0.1) is 16.6 Å². The van der Waals surface area contributed by atoms with E-state index in [2.05, 4.69) is 5.32 Å². The fourth-order valence-electron chi connectivity index (χ4n) is 2.84. The van der Waals surface area contributed by atoms with Gasteiger partial charge in [-0.1, -0.05) is 53.0 Å². The highest BCUT2D eigenvalue weighted by Gasteiger charge is 2.34. The van der Waals surface area contributed by atoms with Crippen molar-refractivity contribution in [1.82, 2.24) is 4.90 Å². The Morgan fingerprint density at radius 2 is 1.92 bits per heavy atom. The lowest BCUT2D eigenvalue weighted by Crippen LogP contribution is -2.28. The minimum Gasteiger partial charge on any atom is -0.338 e. The molecule has 2 amide bonds. The molecule has 0 aromatic heterocycles. The van der Waals surface area contributed by atoms with Crippen molar-refractivity contribution < 1.29 is 9.59 Å². The number of aryl methyl sites for hydroxylation is 1. The van der Waals surface area contributed by atoms with Gasteiger partial charge in [-0.05, 0) is 30.7 Å². The van der Waals surface area contributed by atoms with Crippen LogP contribution in [0.15, 0.2) is 42.5 Å². The smallest absolute Gasteiger partial charge is 0.229 e. The summed E-state index contributed by atoms with van der Waals surface area (Å²) in [7, 11) is 0. The van der Waals surface area contributed by atoms with Crippen LogP contribution in [0.4, 0.5) is 5.69 Å². The second kappa shape index (κ2) is 7.46. The Hall–Kier alpha value is -2.04. The molecule has 0 radical (unpaired) electrons. The number of likely N-dealkylation sites (tertiary alicyclic amines) is 1. The Bertz CT molecular complexity index is 806. The van der Waals surface area contributed by atoms with Gasteiger partial charge in [0, 0.05) is 24.5 Å². The molecule has 25 heavy (non-hydrogen) atoms. The Morgan fingerprint density at radius 3 is 2.60 bits per heavy atom. The molecule has 2 aromatic rings. The van der Waals surface area contributed by atoms with Gasteiger partial charge in [0.2, 0.25) is 11.8 Å². The quantitative estimate of drug-likeness (QED) is 0.864. The lowest BCUT2D eigenvalue weighted by Gasteiger charge is -2.17. The second-order valence-electron chi connectivity index (χ2n) is 6.27. The zero-order valence-electron chi connectivity index (χ0n) is 13.8. The van der Waals surface area contributed by atoms with E-state index in [1.807, 2.05) is 31.2 Å². The Kier molecular flexibility index (Phi) is 5.30. The summed E-state index contributed by atoms with van der Waals surface area (Å²) in [5.74, 6) is -0.600. The van der Waals surface area contributed by atoms with Gasteiger partial charge in [0.1, 0.15) is 0 Å². The summed E-state index contributed by atoms with van der Waals surface area (Å²) < 4.78 is 0. The highest BCUT2D eigenvalue weighted by molar-refractivity contribution is 6.36. The fraction of sp³-hybridized carbons (Fsp3) is 0.263. The molecule has 130 valence electrons. The van der Waals surface area contributed by atoms with Gasteiger partial charge in [0.25, 0.3) is 0 Å². The number of hydrogen-bond acceptors (Lipinski definition) is 2. The second-order valence-corrected chi connectivity index (χ2v) is 7.12. The number of carbonyl (C=O) groups is 2. The Labute approximate surface area is 156 Å². The zero-order valence-corrected chi connectivity index (χ0v) is 15.3. The van der Waals surface area contributed by atoms with Gasteiger partial charge in [-0.15, -0.1) is 0 Å². The zero-order chi connectivity index (χ0) is 18.0. The third kappa shape index (κ3) is 4.33. The highest BCUT2D eigenvalue weighted by atomic mass is 35.5. The first-order chi connectivity index (χ1) is 11.9. The molecule has 6 heteroatoms. The lowest BCUT2D eigenvalue weighted by atomic mass is 10.1. The maximum atomic E-state index is 12.5. The maximum Gasteiger partial charge on any atom is 0.229 e. The third-order valence-electron chi connectivity index (χ3n) is 4.27. The largest absolute Gasteiger partial charge is 0.338 e. The van der Waals surface area contributed by atoms with Crippen LogP contribution in [-0.4, -0.2) is 23.3 Å². The Balaban J connectivity index is 1.63. The van der Waals surface area contributed by atoms with Gasteiger partial charge < -0.3 is 10.2 Å². The standard InChI is InChI=1S/C19H18Cl2N2O2/c1-12-2-4-13(5-3-12)10-23-11-14(8-18(23)24)19(25)22-17-7-6-15(20)9-16(17)21/h2-7,9,14H,8,10-11H2,1H3,(H,22,25)/t14-/m0/s1. The number of benzene rings is 2. The molecule has 1 N–H and O–H groups in total. The molecule has 0 bridgehead atoms. The van der Waals surface area contributed by atoms with Gasteiger partial charge in [0.15, 0.2) is 0 Å². The molecule has 4 nitrogen and oxygen atoms in total. The van der Waals surface area contributed by atoms with E-state index in [1.54, 1.807) is 23.1 Å². The molecule has 2 aromatic carbocycles. The molecule has 0 spiro atoms. The number of nitrogens with zero attached hydrogens (tertiary/aromatic N) is 1. The van der Waals surface area contributed by atoms with Gasteiger partial charge >= 0.3 is 0 Å². The summed E-state index contributed by atoms with van der Waals surface area (Å²) in [6.07, 6.45) is 0.211. The molecule has 1 atom stereocenters. The number of amides is 2.